The summed E-state index contributed by atoms with van der Waals surface area (Å²) in [4.78, 5) is 4.62. The molecule has 0 saturated carbocycles. The first-order valence-electron chi connectivity index (χ1n) is 5.86. The fraction of sp³-hybridized carbons (Fsp3) is 0.364. The van der Waals surface area contributed by atoms with E-state index in [9.17, 15) is 8.42 Å². The maximum absolute atomic E-state index is 12.4. The maximum atomic E-state index is 12.4. The van der Waals surface area contributed by atoms with Gasteiger partial charge in [-0.2, -0.15) is 0 Å². The molecule has 1 atom stereocenters. The Bertz CT molecular complexity index is 732. The number of hydrogen-bond donors (Lipinski definition) is 1. The molecule has 1 aliphatic rings. The summed E-state index contributed by atoms with van der Waals surface area (Å²) in [6.07, 6.45) is 8.12. The normalized spacial score (nSPS) is 20.2. The van der Waals surface area contributed by atoms with Gasteiger partial charge in [0.1, 0.15) is 0 Å². The van der Waals surface area contributed by atoms with Gasteiger partial charge in [-0.1, -0.05) is 23.8 Å². The first kappa shape index (κ1) is 13.1. The van der Waals surface area contributed by atoms with E-state index in [1.54, 1.807) is 11.6 Å². The van der Waals surface area contributed by atoms with Crippen LogP contribution < -0.4 is 4.72 Å². The summed E-state index contributed by atoms with van der Waals surface area (Å²) in [5.41, 5.74) is 0. The van der Waals surface area contributed by atoms with Crippen LogP contribution >= 0.6 is 22.9 Å². The minimum atomic E-state index is -3.65. The fourth-order valence-corrected chi connectivity index (χ4v) is 4.89. The first-order chi connectivity index (χ1) is 9.08. The van der Waals surface area contributed by atoms with Crippen molar-refractivity contribution in [3.63, 3.8) is 0 Å². The van der Waals surface area contributed by atoms with Gasteiger partial charge in [0.15, 0.2) is 15.1 Å². The molecule has 3 rings (SSSR count). The molecule has 0 bridgehead atoms. The molecule has 0 aliphatic heterocycles. The second-order valence-corrected chi connectivity index (χ2v) is 7.23. The van der Waals surface area contributed by atoms with Crippen LogP contribution in [0.3, 0.4) is 0 Å². The monoisotopic (exact) mass is 317 g/mol. The van der Waals surface area contributed by atoms with Crippen LogP contribution in [0.25, 0.3) is 4.96 Å². The molecule has 1 aliphatic carbocycles. The number of rotatable bonds is 3. The van der Waals surface area contributed by atoms with E-state index in [2.05, 4.69) is 15.8 Å². The fourth-order valence-electron chi connectivity index (χ4n) is 2.15. The molecule has 1 N–H and O–H groups in total. The van der Waals surface area contributed by atoms with Crippen LogP contribution in [-0.4, -0.2) is 23.8 Å². The Morgan fingerprint density at radius 3 is 3.05 bits per heavy atom. The maximum Gasteiger partial charge on any atom is 0.260 e. The van der Waals surface area contributed by atoms with Crippen LogP contribution in [0.2, 0.25) is 5.15 Å². The highest BCUT2D eigenvalue weighted by atomic mass is 35.5. The van der Waals surface area contributed by atoms with Gasteiger partial charge < -0.3 is 0 Å². The number of fused-ring (bicyclic) bond motifs is 1. The zero-order valence-electron chi connectivity index (χ0n) is 9.91. The number of hydrogen-bond acceptors (Lipinski definition) is 4. The van der Waals surface area contributed by atoms with Crippen LogP contribution in [0.4, 0.5) is 0 Å². The highest BCUT2D eigenvalue weighted by Crippen LogP contribution is 2.26. The van der Waals surface area contributed by atoms with Gasteiger partial charge in [-0.05, 0) is 19.3 Å². The van der Waals surface area contributed by atoms with Crippen molar-refractivity contribution in [2.24, 2.45) is 0 Å². The van der Waals surface area contributed by atoms with Gasteiger partial charge in [0, 0.05) is 17.6 Å². The van der Waals surface area contributed by atoms with Crippen LogP contribution in [0.5, 0.6) is 0 Å². The summed E-state index contributed by atoms with van der Waals surface area (Å²) in [7, 11) is -3.65. The van der Waals surface area contributed by atoms with E-state index in [-0.39, 0.29) is 16.2 Å². The molecule has 19 heavy (non-hydrogen) atoms. The van der Waals surface area contributed by atoms with Crippen molar-refractivity contribution in [2.45, 2.75) is 30.3 Å². The number of sulfonamides is 1. The average molecular weight is 318 g/mol. The summed E-state index contributed by atoms with van der Waals surface area (Å²) in [6.45, 7) is 0. The van der Waals surface area contributed by atoms with Gasteiger partial charge in [0.2, 0.25) is 0 Å². The second-order valence-electron chi connectivity index (χ2n) is 4.37. The number of imidazole rings is 1. The van der Waals surface area contributed by atoms with E-state index >= 15 is 0 Å². The van der Waals surface area contributed by atoms with E-state index < -0.39 is 10.0 Å². The summed E-state index contributed by atoms with van der Waals surface area (Å²) >= 11 is 7.30. The summed E-state index contributed by atoms with van der Waals surface area (Å²) in [5.74, 6) is 0. The number of thiazole rings is 1. The highest BCUT2D eigenvalue weighted by molar-refractivity contribution is 7.89. The molecule has 8 heteroatoms. The molecule has 0 saturated heterocycles. The lowest BCUT2D eigenvalue weighted by Gasteiger charge is -2.18. The van der Waals surface area contributed by atoms with Crippen molar-refractivity contribution >= 4 is 37.9 Å². The van der Waals surface area contributed by atoms with Gasteiger partial charge in [0.25, 0.3) is 10.0 Å². The lowest BCUT2D eigenvalue weighted by Crippen LogP contribution is -2.35. The van der Waals surface area contributed by atoms with E-state index in [0.29, 0.717) is 11.4 Å². The molecule has 102 valence electrons. The van der Waals surface area contributed by atoms with Crippen LogP contribution in [0.15, 0.2) is 28.8 Å². The van der Waals surface area contributed by atoms with Gasteiger partial charge in [-0.25, -0.2) is 18.1 Å². The SMILES string of the molecule is O=S(=O)(NC1CC=CCC1)c1c(Cl)nc2sccn12. The second kappa shape index (κ2) is 4.90. The van der Waals surface area contributed by atoms with Crippen molar-refractivity contribution in [1.29, 1.82) is 0 Å². The zero-order chi connectivity index (χ0) is 13.5. The Kier molecular flexibility index (Phi) is 3.38. The Hall–Kier alpha value is -0.890. The smallest absolute Gasteiger partial charge is 0.260 e. The Morgan fingerprint density at radius 2 is 2.32 bits per heavy atom. The summed E-state index contributed by atoms with van der Waals surface area (Å²) in [6, 6.07) is -0.0738. The van der Waals surface area contributed by atoms with Crippen molar-refractivity contribution in [3.8, 4) is 0 Å². The van der Waals surface area contributed by atoms with Crippen molar-refractivity contribution in [2.75, 3.05) is 0 Å². The third-order valence-electron chi connectivity index (χ3n) is 3.02. The van der Waals surface area contributed by atoms with E-state index in [0.717, 1.165) is 12.8 Å². The number of halogens is 1. The number of nitrogens with one attached hydrogen (secondary N) is 1. The van der Waals surface area contributed by atoms with Crippen molar-refractivity contribution in [1.82, 2.24) is 14.1 Å². The molecule has 5 nitrogen and oxygen atoms in total. The molecular formula is C11H12ClN3O2S2. The first-order valence-corrected chi connectivity index (χ1v) is 8.60. The Balaban J connectivity index is 1.97. The molecule has 0 fully saturated rings. The molecule has 2 heterocycles. The molecule has 0 amide bonds. The highest BCUT2D eigenvalue weighted by Gasteiger charge is 2.27. The predicted octanol–water partition coefficient (Wildman–Crippen LogP) is 2.44. The van der Waals surface area contributed by atoms with Crippen molar-refractivity contribution in [3.05, 3.63) is 28.9 Å². The zero-order valence-corrected chi connectivity index (χ0v) is 12.3. The van der Waals surface area contributed by atoms with Gasteiger partial charge >= 0.3 is 0 Å². The minimum absolute atomic E-state index is 0.0192. The molecular weight excluding hydrogens is 306 g/mol. The number of nitrogens with zero attached hydrogens (tertiary/aromatic N) is 2. The molecule has 0 radical (unpaired) electrons. The molecule has 0 spiro atoms. The average Bonchev–Trinajstić information content (AvgIpc) is 2.88. The van der Waals surface area contributed by atoms with E-state index in [1.165, 1.54) is 15.7 Å². The van der Waals surface area contributed by atoms with Crippen LogP contribution in [0, 0.1) is 0 Å². The lowest BCUT2D eigenvalue weighted by molar-refractivity contribution is 0.519. The summed E-state index contributed by atoms with van der Waals surface area (Å²) in [5, 5.41) is 1.83. The molecule has 0 aromatic carbocycles. The lowest BCUT2D eigenvalue weighted by atomic mass is 10.0. The standard InChI is InChI=1S/C11H12ClN3O2S2/c12-9-10(15-6-7-18-11(15)13-9)19(16,17)14-8-4-2-1-3-5-8/h1-2,6-8,14H,3-5H2. The molecule has 2 aromatic heterocycles. The van der Waals surface area contributed by atoms with Crippen LogP contribution in [0.1, 0.15) is 19.3 Å². The number of aromatic nitrogens is 2. The van der Waals surface area contributed by atoms with Crippen molar-refractivity contribution < 1.29 is 8.42 Å². The van der Waals surface area contributed by atoms with Gasteiger partial charge in [-0.15, -0.1) is 11.3 Å². The quantitative estimate of drug-likeness (QED) is 0.884. The topological polar surface area (TPSA) is 63.5 Å². The van der Waals surface area contributed by atoms with Gasteiger partial charge in [0.05, 0.1) is 0 Å². The third-order valence-corrected chi connectivity index (χ3v) is 5.70. The molecule has 2 aromatic rings. The van der Waals surface area contributed by atoms with Crippen LogP contribution in [-0.2, 0) is 10.0 Å². The largest absolute Gasteiger partial charge is 0.279 e. The Labute approximate surface area is 120 Å². The van der Waals surface area contributed by atoms with Gasteiger partial charge in [-0.3, -0.25) is 4.40 Å². The number of allylic oxidation sites excluding steroid dienone is 1. The molecule has 1 unspecified atom stereocenters. The Morgan fingerprint density at radius 1 is 1.47 bits per heavy atom. The summed E-state index contributed by atoms with van der Waals surface area (Å²) < 4.78 is 29.0. The third kappa shape index (κ3) is 2.43. The van der Waals surface area contributed by atoms with E-state index in [4.69, 9.17) is 11.6 Å². The minimum Gasteiger partial charge on any atom is -0.279 e. The van der Waals surface area contributed by atoms with E-state index in [1.807, 2.05) is 6.08 Å². The predicted molar refractivity (Wildman–Crippen MR) is 75.2 cm³/mol.